The number of rotatable bonds is 19. The van der Waals surface area contributed by atoms with Crippen LogP contribution in [0.1, 0.15) is 17.0 Å². The third-order valence-corrected chi connectivity index (χ3v) is 7.80. The van der Waals surface area contributed by atoms with E-state index in [-0.39, 0.29) is 30.6 Å². The Morgan fingerprint density at radius 3 is 1.67 bits per heavy atom. The van der Waals surface area contributed by atoms with Crippen LogP contribution in [-0.4, -0.2) is 87.1 Å². The molecule has 3 aromatic rings. The fraction of sp³-hybridized carbons (Fsp3) is 0.387. The lowest BCUT2D eigenvalue weighted by Gasteiger charge is -2.14. The molecule has 42 heavy (non-hydrogen) atoms. The molecule has 4 rings (SSSR count). The number of ether oxygens (including phenoxy) is 5. The second-order valence-corrected chi connectivity index (χ2v) is 10.9. The van der Waals surface area contributed by atoms with Gasteiger partial charge in [0.2, 0.25) is 0 Å². The number of amides is 1. The van der Waals surface area contributed by atoms with Crippen LogP contribution in [0.5, 0.6) is 0 Å². The van der Waals surface area contributed by atoms with Gasteiger partial charge in [0, 0.05) is 12.5 Å². The third kappa shape index (κ3) is 9.62. The van der Waals surface area contributed by atoms with Gasteiger partial charge >= 0.3 is 6.09 Å². The second-order valence-electron chi connectivity index (χ2n) is 9.29. The van der Waals surface area contributed by atoms with E-state index in [1.54, 1.807) is 18.2 Å². The van der Waals surface area contributed by atoms with Crippen molar-refractivity contribution in [3.63, 3.8) is 0 Å². The minimum atomic E-state index is -3.77. The molecule has 0 fully saturated rings. The summed E-state index contributed by atoms with van der Waals surface area (Å²) in [4.78, 5) is 12.3. The fourth-order valence-electron chi connectivity index (χ4n) is 4.49. The van der Waals surface area contributed by atoms with Gasteiger partial charge in [-0.3, -0.25) is 4.18 Å². The summed E-state index contributed by atoms with van der Waals surface area (Å²) in [7, 11) is -3.77. The van der Waals surface area contributed by atoms with Gasteiger partial charge in [0.05, 0.1) is 64.4 Å². The molecular weight excluding hydrogens is 562 g/mol. The number of nitrogens with one attached hydrogen (secondary N) is 1. The van der Waals surface area contributed by atoms with Crippen molar-refractivity contribution in [1.29, 1.82) is 0 Å². The first-order valence-corrected chi connectivity index (χ1v) is 15.3. The highest BCUT2D eigenvalue weighted by Crippen LogP contribution is 2.44. The van der Waals surface area contributed by atoms with E-state index >= 15 is 0 Å². The Bertz CT molecular complexity index is 1310. The number of carbonyl (C=O) groups excluding carboxylic acids is 1. The Morgan fingerprint density at radius 2 is 1.10 bits per heavy atom. The molecule has 3 aromatic carbocycles. The van der Waals surface area contributed by atoms with E-state index in [1.165, 1.54) is 34.4 Å². The maximum absolute atomic E-state index is 12.2. The first-order chi connectivity index (χ1) is 20.6. The summed E-state index contributed by atoms with van der Waals surface area (Å²) in [5.74, 6) is 0.0268. The van der Waals surface area contributed by atoms with E-state index in [2.05, 4.69) is 29.6 Å². The van der Waals surface area contributed by atoms with Gasteiger partial charge in [0.25, 0.3) is 10.1 Å². The van der Waals surface area contributed by atoms with Gasteiger partial charge < -0.3 is 29.0 Å². The summed E-state index contributed by atoms with van der Waals surface area (Å²) in [5.41, 5.74) is 4.73. The van der Waals surface area contributed by atoms with Gasteiger partial charge in [0.15, 0.2) is 0 Å². The zero-order valence-electron chi connectivity index (χ0n) is 23.4. The smallest absolute Gasteiger partial charge is 0.407 e. The van der Waals surface area contributed by atoms with Gasteiger partial charge in [0.1, 0.15) is 6.61 Å². The van der Waals surface area contributed by atoms with E-state index in [1.807, 2.05) is 24.3 Å². The number of fused-ring (bicyclic) bond motifs is 3. The highest BCUT2D eigenvalue weighted by Gasteiger charge is 2.28. The van der Waals surface area contributed by atoms with Crippen molar-refractivity contribution < 1.29 is 41.1 Å². The number of hydrogen-bond acceptors (Lipinski definition) is 9. The molecule has 0 heterocycles. The standard InChI is InChI=1S/C31H37NO9S/c33-31(40-24-30-28-12-6-4-10-26(28)27-11-5-7-13-29(27)30)32-14-15-36-16-17-37-18-19-38-20-21-39-22-23-41-42(34,35)25-8-2-1-3-9-25/h1-13,30H,14-24H2,(H,32,33). The van der Waals surface area contributed by atoms with Crippen LogP contribution >= 0.6 is 0 Å². The molecule has 0 saturated heterocycles. The van der Waals surface area contributed by atoms with Crippen molar-refractivity contribution in [3.8, 4) is 11.1 Å². The average Bonchev–Trinajstić information content (AvgIpc) is 3.33. The molecule has 0 bridgehead atoms. The largest absolute Gasteiger partial charge is 0.449 e. The van der Waals surface area contributed by atoms with Crippen molar-refractivity contribution in [2.45, 2.75) is 10.8 Å². The predicted octanol–water partition coefficient (Wildman–Crippen LogP) is 4.00. The van der Waals surface area contributed by atoms with Crippen LogP contribution in [0.4, 0.5) is 4.79 Å². The normalized spacial score (nSPS) is 12.6. The number of carbonyl (C=O) groups is 1. The number of hydrogen-bond donors (Lipinski definition) is 1. The Kier molecular flexibility index (Phi) is 12.8. The minimum Gasteiger partial charge on any atom is -0.449 e. The quantitative estimate of drug-likeness (QED) is 0.161. The topological polar surface area (TPSA) is 119 Å². The SMILES string of the molecule is O=C(NCCOCCOCCOCCOCCOS(=O)(=O)c1ccccc1)OCC1c2ccccc2-c2ccccc21. The van der Waals surface area contributed by atoms with E-state index < -0.39 is 16.2 Å². The molecule has 0 radical (unpaired) electrons. The Balaban J connectivity index is 0.932. The van der Waals surface area contributed by atoms with Crippen molar-refractivity contribution in [2.24, 2.45) is 0 Å². The minimum absolute atomic E-state index is 0.0268. The Labute approximate surface area is 247 Å². The lowest BCUT2D eigenvalue weighted by molar-refractivity contribution is -0.00408. The lowest BCUT2D eigenvalue weighted by Crippen LogP contribution is -2.29. The van der Waals surface area contributed by atoms with Gasteiger partial charge in [-0.05, 0) is 34.4 Å². The molecule has 0 unspecified atom stereocenters. The summed E-state index contributed by atoms with van der Waals surface area (Å²) < 4.78 is 56.0. The molecule has 226 valence electrons. The van der Waals surface area contributed by atoms with Crippen molar-refractivity contribution in [2.75, 3.05) is 72.6 Å². The molecule has 0 aliphatic heterocycles. The van der Waals surface area contributed by atoms with Crippen molar-refractivity contribution >= 4 is 16.2 Å². The van der Waals surface area contributed by atoms with Crippen LogP contribution in [0.15, 0.2) is 83.8 Å². The highest BCUT2D eigenvalue weighted by atomic mass is 32.2. The maximum Gasteiger partial charge on any atom is 0.407 e. The first-order valence-electron chi connectivity index (χ1n) is 13.9. The summed E-state index contributed by atoms with van der Waals surface area (Å²) >= 11 is 0. The Hall–Kier alpha value is -3.32. The summed E-state index contributed by atoms with van der Waals surface area (Å²) in [6, 6.07) is 24.4. The average molecular weight is 600 g/mol. The molecule has 0 atom stereocenters. The van der Waals surface area contributed by atoms with E-state index in [0.717, 1.165) is 0 Å². The molecular formula is C31H37NO9S. The molecule has 1 aliphatic rings. The van der Waals surface area contributed by atoms with E-state index in [0.29, 0.717) is 52.8 Å². The summed E-state index contributed by atoms with van der Waals surface area (Å²) in [5, 5.41) is 2.72. The van der Waals surface area contributed by atoms with Gasteiger partial charge in [-0.1, -0.05) is 66.7 Å². The fourth-order valence-corrected chi connectivity index (χ4v) is 5.41. The molecule has 0 spiro atoms. The number of alkyl carbamates (subject to hydrolysis) is 1. The first kappa shape index (κ1) is 31.6. The van der Waals surface area contributed by atoms with Gasteiger partial charge in [-0.25, -0.2) is 4.79 Å². The van der Waals surface area contributed by atoms with Crippen LogP contribution in [0.3, 0.4) is 0 Å². The van der Waals surface area contributed by atoms with Crippen LogP contribution in [0.2, 0.25) is 0 Å². The van der Waals surface area contributed by atoms with Gasteiger partial charge in [-0.2, -0.15) is 8.42 Å². The zero-order valence-corrected chi connectivity index (χ0v) is 24.3. The van der Waals surface area contributed by atoms with Crippen LogP contribution in [-0.2, 0) is 38.0 Å². The predicted molar refractivity (Wildman–Crippen MR) is 156 cm³/mol. The Morgan fingerprint density at radius 1 is 0.619 bits per heavy atom. The van der Waals surface area contributed by atoms with Crippen molar-refractivity contribution in [1.82, 2.24) is 5.32 Å². The van der Waals surface area contributed by atoms with Crippen LogP contribution in [0.25, 0.3) is 11.1 Å². The molecule has 10 nitrogen and oxygen atoms in total. The van der Waals surface area contributed by atoms with Crippen LogP contribution in [0, 0.1) is 0 Å². The molecule has 1 aliphatic carbocycles. The van der Waals surface area contributed by atoms with E-state index in [9.17, 15) is 13.2 Å². The van der Waals surface area contributed by atoms with Gasteiger partial charge in [-0.15, -0.1) is 0 Å². The lowest BCUT2D eigenvalue weighted by atomic mass is 9.98. The highest BCUT2D eigenvalue weighted by molar-refractivity contribution is 7.86. The van der Waals surface area contributed by atoms with E-state index in [4.69, 9.17) is 27.9 Å². The third-order valence-electron chi connectivity index (χ3n) is 6.47. The summed E-state index contributed by atoms with van der Waals surface area (Å²) in [6.45, 7) is 3.28. The molecule has 0 aromatic heterocycles. The van der Waals surface area contributed by atoms with Crippen molar-refractivity contribution in [3.05, 3.63) is 90.0 Å². The summed E-state index contributed by atoms with van der Waals surface area (Å²) in [6.07, 6.45) is -0.470. The van der Waals surface area contributed by atoms with Crippen LogP contribution < -0.4 is 5.32 Å². The maximum atomic E-state index is 12.2. The zero-order chi connectivity index (χ0) is 29.5. The second kappa shape index (κ2) is 17.0. The molecule has 1 amide bonds. The molecule has 1 N–H and O–H groups in total. The monoisotopic (exact) mass is 599 g/mol. The molecule has 11 heteroatoms. The molecule has 0 saturated carbocycles. The number of benzene rings is 3.